The van der Waals surface area contributed by atoms with Crippen molar-refractivity contribution in [3.8, 4) is 11.5 Å². The van der Waals surface area contributed by atoms with E-state index in [0.29, 0.717) is 41.8 Å². The highest BCUT2D eigenvalue weighted by atomic mass is 35.5. The standard InChI is InChI=1S/C20H19ClN2O3S/c21-14-11-13(12-16-19(14)26-10-4-9-25-16)20(24)22-8-3-7-18-23-15-5-1-2-6-17(15)27-18/h1-2,5-6,11-12H,3-4,7-10H2,(H,22,24). The monoisotopic (exact) mass is 402 g/mol. The lowest BCUT2D eigenvalue weighted by molar-refractivity contribution is 0.0952. The first-order chi connectivity index (χ1) is 13.2. The number of hydrogen-bond acceptors (Lipinski definition) is 5. The molecule has 0 saturated carbocycles. The topological polar surface area (TPSA) is 60.5 Å². The fraction of sp³-hybridized carbons (Fsp3) is 0.300. The molecule has 0 unspecified atom stereocenters. The van der Waals surface area contributed by atoms with E-state index in [1.807, 2.05) is 18.2 Å². The molecule has 7 heteroatoms. The van der Waals surface area contributed by atoms with Gasteiger partial charge in [0, 0.05) is 24.9 Å². The van der Waals surface area contributed by atoms with Crippen LogP contribution in [0.15, 0.2) is 36.4 Å². The van der Waals surface area contributed by atoms with Crippen LogP contribution < -0.4 is 14.8 Å². The van der Waals surface area contributed by atoms with Crippen molar-refractivity contribution in [1.82, 2.24) is 10.3 Å². The minimum Gasteiger partial charge on any atom is -0.489 e. The van der Waals surface area contributed by atoms with Gasteiger partial charge < -0.3 is 14.8 Å². The predicted octanol–water partition coefficient (Wildman–Crippen LogP) is 4.47. The van der Waals surface area contributed by atoms with Crippen LogP contribution in [-0.2, 0) is 6.42 Å². The van der Waals surface area contributed by atoms with E-state index in [2.05, 4.69) is 16.4 Å². The molecule has 5 nitrogen and oxygen atoms in total. The van der Waals surface area contributed by atoms with Crippen LogP contribution in [0.5, 0.6) is 11.5 Å². The summed E-state index contributed by atoms with van der Waals surface area (Å²) in [5.41, 5.74) is 1.51. The molecule has 3 aromatic rings. The van der Waals surface area contributed by atoms with Gasteiger partial charge in [-0.2, -0.15) is 0 Å². The Bertz CT molecular complexity index is 940. The zero-order valence-corrected chi connectivity index (χ0v) is 16.2. The van der Waals surface area contributed by atoms with E-state index < -0.39 is 0 Å². The number of ether oxygens (including phenoxy) is 2. The zero-order chi connectivity index (χ0) is 18.6. The average molecular weight is 403 g/mol. The smallest absolute Gasteiger partial charge is 0.251 e. The van der Waals surface area contributed by atoms with Gasteiger partial charge in [-0.3, -0.25) is 4.79 Å². The van der Waals surface area contributed by atoms with Gasteiger partial charge in [0.15, 0.2) is 11.5 Å². The van der Waals surface area contributed by atoms with Gasteiger partial charge in [-0.15, -0.1) is 11.3 Å². The Labute approximate surface area is 166 Å². The number of benzene rings is 2. The molecule has 1 amide bonds. The quantitative estimate of drug-likeness (QED) is 0.639. The third-order valence-electron chi connectivity index (χ3n) is 4.26. The van der Waals surface area contributed by atoms with E-state index >= 15 is 0 Å². The summed E-state index contributed by atoms with van der Waals surface area (Å²) in [4.78, 5) is 17.1. The maximum absolute atomic E-state index is 12.4. The maximum Gasteiger partial charge on any atom is 0.251 e. The number of fused-ring (bicyclic) bond motifs is 2. The molecule has 1 N–H and O–H groups in total. The molecule has 1 aromatic heterocycles. The second-order valence-corrected chi connectivity index (χ2v) is 7.79. The first kappa shape index (κ1) is 18.1. The third-order valence-corrected chi connectivity index (χ3v) is 5.63. The fourth-order valence-corrected chi connectivity index (χ4v) is 4.21. The molecule has 0 saturated heterocycles. The van der Waals surface area contributed by atoms with Crippen LogP contribution in [0, 0.1) is 0 Å². The molecular formula is C20H19ClN2O3S. The van der Waals surface area contributed by atoms with Crippen molar-refractivity contribution in [2.45, 2.75) is 19.3 Å². The molecule has 2 aromatic carbocycles. The largest absolute Gasteiger partial charge is 0.489 e. The number of carbonyl (C=O) groups excluding carboxylic acids is 1. The Balaban J connectivity index is 1.34. The van der Waals surface area contributed by atoms with Crippen molar-refractivity contribution in [3.63, 3.8) is 0 Å². The lowest BCUT2D eigenvalue weighted by Gasteiger charge is -2.11. The Kier molecular flexibility index (Phi) is 5.45. The van der Waals surface area contributed by atoms with Crippen molar-refractivity contribution in [3.05, 3.63) is 52.0 Å². The van der Waals surface area contributed by atoms with Gasteiger partial charge in [-0.25, -0.2) is 4.98 Å². The summed E-state index contributed by atoms with van der Waals surface area (Å²) in [7, 11) is 0. The summed E-state index contributed by atoms with van der Waals surface area (Å²) in [5, 5.41) is 4.42. The van der Waals surface area contributed by atoms with E-state index in [-0.39, 0.29) is 5.91 Å². The number of nitrogens with one attached hydrogen (secondary N) is 1. The van der Waals surface area contributed by atoms with E-state index in [4.69, 9.17) is 21.1 Å². The summed E-state index contributed by atoms with van der Waals surface area (Å²) in [5.74, 6) is 0.873. The van der Waals surface area contributed by atoms with Crippen LogP contribution >= 0.6 is 22.9 Å². The molecule has 1 aliphatic rings. The molecular weight excluding hydrogens is 384 g/mol. The number of thiazole rings is 1. The number of nitrogens with zero attached hydrogens (tertiary/aromatic N) is 1. The van der Waals surface area contributed by atoms with Crippen LogP contribution in [0.4, 0.5) is 0 Å². The number of carbonyl (C=O) groups is 1. The summed E-state index contributed by atoms with van der Waals surface area (Å²) >= 11 is 7.95. The lowest BCUT2D eigenvalue weighted by atomic mass is 10.2. The van der Waals surface area contributed by atoms with Gasteiger partial charge in [0.05, 0.1) is 33.5 Å². The van der Waals surface area contributed by atoms with Crippen molar-refractivity contribution >= 4 is 39.1 Å². The van der Waals surface area contributed by atoms with Gasteiger partial charge in [-0.1, -0.05) is 23.7 Å². The highest BCUT2D eigenvalue weighted by Gasteiger charge is 2.18. The summed E-state index contributed by atoms with van der Waals surface area (Å²) in [6.45, 7) is 1.68. The Hall–Kier alpha value is -2.31. The van der Waals surface area contributed by atoms with Gasteiger partial charge in [0.25, 0.3) is 5.91 Å². The number of amides is 1. The number of aromatic nitrogens is 1. The highest BCUT2D eigenvalue weighted by molar-refractivity contribution is 7.18. The summed E-state index contributed by atoms with van der Waals surface area (Å²) in [6, 6.07) is 11.4. The van der Waals surface area contributed by atoms with E-state index in [1.165, 1.54) is 4.70 Å². The fourth-order valence-electron chi connectivity index (χ4n) is 2.93. The minimum atomic E-state index is -0.170. The summed E-state index contributed by atoms with van der Waals surface area (Å²) in [6.07, 6.45) is 2.45. The number of para-hydroxylation sites is 1. The molecule has 0 aliphatic carbocycles. The predicted molar refractivity (Wildman–Crippen MR) is 107 cm³/mol. The van der Waals surface area contributed by atoms with Crippen LogP contribution in [0.3, 0.4) is 0 Å². The molecule has 0 spiro atoms. The number of hydrogen-bond donors (Lipinski definition) is 1. The van der Waals surface area contributed by atoms with Gasteiger partial charge in [0.1, 0.15) is 0 Å². The van der Waals surface area contributed by atoms with E-state index in [0.717, 1.165) is 29.8 Å². The molecule has 27 heavy (non-hydrogen) atoms. The van der Waals surface area contributed by atoms with Gasteiger partial charge in [0.2, 0.25) is 0 Å². The minimum absolute atomic E-state index is 0.170. The normalized spacial score (nSPS) is 13.4. The lowest BCUT2D eigenvalue weighted by Crippen LogP contribution is -2.24. The van der Waals surface area contributed by atoms with E-state index in [1.54, 1.807) is 23.5 Å². The van der Waals surface area contributed by atoms with Gasteiger partial charge >= 0.3 is 0 Å². The highest BCUT2D eigenvalue weighted by Crippen LogP contribution is 2.37. The average Bonchev–Trinajstić information content (AvgIpc) is 2.93. The second kappa shape index (κ2) is 8.15. The van der Waals surface area contributed by atoms with Crippen LogP contribution in [0.2, 0.25) is 5.02 Å². The molecule has 0 atom stereocenters. The van der Waals surface area contributed by atoms with Crippen LogP contribution in [-0.4, -0.2) is 30.6 Å². The van der Waals surface area contributed by atoms with Crippen LogP contribution in [0.1, 0.15) is 28.2 Å². The molecule has 1 aliphatic heterocycles. The van der Waals surface area contributed by atoms with Gasteiger partial charge in [-0.05, 0) is 30.7 Å². The van der Waals surface area contributed by atoms with Crippen molar-refractivity contribution in [2.75, 3.05) is 19.8 Å². The Morgan fingerprint density at radius 1 is 1.22 bits per heavy atom. The zero-order valence-electron chi connectivity index (χ0n) is 14.7. The number of rotatable bonds is 5. The molecule has 0 fully saturated rings. The van der Waals surface area contributed by atoms with E-state index in [9.17, 15) is 4.79 Å². The SMILES string of the molecule is O=C(NCCCc1nc2ccccc2s1)c1cc(Cl)c2c(c1)OCCCO2. The molecule has 0 bridgehead atoms. The molecule has 0 radical (unpaired) electrons. The summed E-state index contributed by atoms with van der Waals surface area (Å²) < 4.78 is 12.4. The first-order valence-electron chi connectivity index (χ1n) is 8.92. The second-order valence-electron chi connectivity index (χ2n) is 6.27. The van der Waals surface area contributed by atoms with Crippen molar-refractivity contribution in [2.24, 2.45) is 0 Å². The maximum atomic E-state index is 12.4. The molecule has 2 heterocycles. The number of halogens is 1. The number of aryl methyl sites for hydroxylation is 1. The van der Waals surface area contributed by atoms with Crippen molar-refractivity contribution in [1.29, 1.82) is 0 Å². The van der Waals surface area contributed by atoms with Crippen LogP contribution in [0.25, 0.3) is 10.2 Å². The van der Waals surface area contributed by atoms with Crippen molar-refractivity contribution < 1.29 is 14.3 Å². The molecule has 4 rings (SSSR count). The Morgan fingerprint density at radius 3 is 2.96 bits per heavy atom. The molecule has 140 valence electrons. The third kappa shape index (κ3) is 4.17. The first-order valence-corrected chi connectivity index (χ1v) is 10.1. The Morgan fingerprint density at radius 2 is 2.07 bits per heavy atom.